The van der Waals surface area contributed by atoms with E-state index in [0.717, 1.165) is 38.5 Å². The van der Waals surface area contributed by atoms with Crippen molar-refractivity contribution in [3.05, 3.63) is 12.2 Å². The van der Waals surface area contributed by atoms with Gasteiger partial charge < -0.3 is 9.47 Å². The Morgan fingerprint density at radius 2 is 1.15 bits per heavy atom. The van der Waals surface area contributed by atoms with E-state index in [1.807, 2.05) is 0 Å². The van der Waals surface area contributed by atoms with Crippen molar-refractivity contribution in [3.8, 4) is 0 Å². The highest BCUT2D eigenvalue weighted by Gasteiger charge is 2.11. The fourth-order valence-electron chi connectivity index (χ4n) is 3.06. The van der Waals surface area contributed by atoms with Crippen molar-refractivity contribution >= 4 is 11.9 Å². The van der Waals surface area contributed by atoms with Crippen LogP contribution >= 0.6 is 0 Å². The average molecular weight is 383 g/mol. The summed E-state index contributed by atoms with van der Waals surface area (Å²) in [6.07, 6.45) is 18.4. The summed E-state index contributed by atoms with van der Waals surface area (Å²) < 4.78 is 10.5. The van der Waals surface area contributed by atoms with Crippen LogP contribution in [0.3, 0.4) is 0 Å². The van der Waals surface area contributed by atoms with Crippen molar-refractivity contribution in [2.24, 2.45) is 0 Å². The van der Waals surface area contributed by atoms with E-state index in [2.05, 4.69) is 20.8 Å². The number of unbranched alkanes of at least 4 members (excludes halogenated alkanes) is 9. The van der Waals surface area contributed by atoms with Crippen molar-refractivity contribution in [2.75, 3.05) is 6.61 Å². The lowest BCUT2D eigenvalue weighted by Gasteiger charge is -2.14. The molecule has 0 radical (unpaired) electrons. The highest BCUT2D eigenvalue weighted by Crippen LogP contribution is 2.11. The maximum absolute atomic E-state index is 11.8. The number of ether oxygens (including phenoxy) is 2. The second-order valence-corrected chi connectivity index (χ2v) is 7.32. The molecule has 0 aromatic heterocycles. The first kappa shape index (κ1) is 25.7. The molecule has 0 aliphatic heterocycles. The molecule has 4 nitrogen and oxygen atoms in total. The normalized spacial score (nSPS) is 11.3. The summed E-state index contributed by atoms with van der Waals surface area (Å²) in [5.74, 6) is -0.928. The molecule has 158 valence electrons. The summed E-state index contributed by atoms with van der Waals surface area (Å²) in [5.41, 5.74) is 0. The van der Waals surface area contributed by atoms with E-state index >= 15 is 0 Å². The summed E-state index contributed by atoms with van der Waals surface area (Å²) >= 11 is 0. The molecule has 0 unspecified atom stereocenters. The first-order valence-corrected chi connectivity index (χ1v) is 11.2. The van der Waals surface area contributed by atoms with Crippen LogP contribution in [-0.2, 0) is 19.1 Å². The predicted molar refractivity (Wildman–Crippen MR) is 112 cm³/mol. The molecule has 0 aliphatic rings. The molecule has 0 rings (SSSR count). The zero-order chi connectivity index (χ0) is 20.2. The second-order valence-electron chi connectivity index (χ2n) is 7.32. The van der Waals surface area contributed by atoms with Gasteiger partial charge in [0.25, 0.3) is 0 Å². The first-order chi connectivity index (χ1) is 13.1. The Hall–Kier alpha value is -1.32. The molecule has 0 amide bonds. The summed E-state index contributed by atoms with van der Waals surface area (Å²) in [4.78, 5) is 23.4. The molecule has 0 atom stereocenters. The molecule has 0 bridgehead atoms. The molecule has 0 N–H and O–H groups in total. The highest BCUT2D eigenvalue weighted by molar-refractivity contribution is 5.91. The smallest absolute Gasteiger partial charge is 0.331 e. The van der Waals surface area contributed by atoms with E-state index in [9.17, 15) is 9.59 Å². The summed E-state index contributed by atoms with van der Waals surface area (Å²) in [7, 11) is 0. The molecule has 4 heteroatoms. The van der Waals surface area contributed by atoms with Gasteiger partial charge in [0.05, 0.1) is 6.61 Å². The lowest BCUT2D eigenvalue weighted by molar-refractivity contribution is -0.144. The van der Waals surface area contributed by atoms with Crippen LogP contribution in [0, 0.1) is 0 Å². The predicted octanol–water partition coefficient (Wildman–Crippen LogP) is 6.52. The minimum absolute atomic E-state index is 0.0557. The zero-order valence-electron chi connectivity index (χ0n) is 18.0. The molecule has 0 spiro atoms. The van der Waals surface area contributed by atoms with Crippen LogP contribution in [0.25, 0.3) is 0 Å². The lowest BCUT2D eigenvalue weighted by atomic mass is 10.1. The van der Waals surface area contributed by atoms with E-state index < -0.39 is 11.9 Å². The van der Waals surface area contributed by atoms with Crippen LogP contribution in [0.5, 0.6) is 0 Å². The number of rotatable bonds is 18. The quantitative estimate of drug-likeness (QED) is 0.154. The van der Waals surface area contributed by atoms with Crippen molar-refractivity contribution in [1.29, 1.82) is 0 Å². The topological polar surface area (TPSA) is 52.6 Å². The molecule has 0 saturated heterocycles. The minimum Gasteiger partial charge on any atom is -0.463 e. The molecule has 0 aromatic rings. The van der Waals surface area contributed by atoms with Crippen molar-refractivity contribution in [3.63, 3.8) is 0 Å². The monoisotopic (exact) mass is 382 g/mol. The third-order valence-electron chi connectivity index (χ3n) is 4.60. The molecule has 0 heterocycles. The molecule has 0 fully saturated rings. The van der Waals surface area contributed by atoms with Gasteiger partial charge >= 0.3 is 11.9 Å². The van der Waals surface area contributed by atoms with E-state index in [-0.39, 0.29) is 6.10 Å². The van der Waals surface area contributed by atoms with Gasteiger partial charge in [-0.25, -0.2) is 9.59 Å². The first-order valence-electron chi connectivity index (χ1n) is 11.2. The average Bonchev–Trinajstić information content (AvgIpc) is 2.65. The van der Waals surface area contributed by atoms with Gasteiger partial charge in [0.1, 0.15) is 6.10 Å². The standard InChI is InChI=1S/C23H42O4/c1-4-7-8-9-10-11-12-13-14-15-20-26-22(24)18-19-23(25)27-21(16-5-2)17-6-3/h18-19,21H,4-17,20H2,1-3H3/b19-18+. The number of carbonyl (C=O) groups excluding carboxylic acids is 2. The lowest BCUT2D eigenvalue weighted by Crippen LogP contribution is -2.16. The number of esters is 2. The fraction of sp³-hybridized carbons (Fsp3) is 0.826. The maximum Gasteiger partial charge on any atom is 0.331 e. The van der Waals surface area contributed by atoms with Gasteiger partial charge in [0, 0.05) is 12.2 Å². The molecule has 0 aromatic carbocycles. The number of hydrogen-bond acceptors (Lipinski definition) is 4. The molecule has 0 aliphatic carbocycles. The van der Waals surface area contributed by atoms with Crippen molar-refractivity contribution < 1.29 is 19.1 Å². The Morgan fingerprint density at radius 3 is 1.67 bits per heavy atom. The van der Waals surface area contributed by atoms with Crippen LogP contribution < -0.4 is 0 Å². The maximum atomic E-state index is 11.8. The molecular formula is C23H42O4. The van der Waals surface area contributed by atoms with E-state index in [1.165, 1.54) is 63.5 Å². The van der Waals surface area contributed by atoms with Crippen molar-refractivity contribution in [1.82, 2.24) is 0 Å². The summed E-state index contributed by atoms with van der Waals surface area (Å²) in [6, 6.07) is 0. The Bertz CT molecular complexity index is 384. The molecule has 27 heavy (non-hydrogen) atoms. The van der Waals surface area contributed by atoms with Gasteiger partial charge in [0.15, 0.2) is 0 Å². The molecule has 0 saturated carbocycles. The highest BCUT2D eigenvalue weighted by atomic mass is 16.5. The van der Waals surface area contributed by atoms with Crippen LogP contribution in [0.15, 0.2) is 12.2 Å². The van der Waals surface area contributed by atoms with Gasteiger partial charge in [0.2, 0.25) is 0 Å². The van der Waals surface area contributed by atoms with Gasteiger partial charge in [-0.2, -0.15) is 0 Å². The third-order valence-corrected chi connectivity index (χ3v) is 4.60. The SMILES string of the molecule is CCCCCCCCCCCCOC(=O)/C=C/C(=O)OC(CCC)CCC. The van der Waals surface area contributed by atoms with Crippen LogP contribution in [-0.4, -0.2) is 24.6 Å². The van der Waals surface area contributed by atoms with Crippen LogP contribution in [0.2, 0.25) is 0 Å². The van der Waals surface area contributed by atoms with Gasteiger partial charge in [-0.05, 0) is 19.3 Å². The van der Waals surface area contributed by atoms with Gasteiger partial charge in [-0.15, -0.1) is 0 Å². The van der Waals surface area contributed by atoms with Gasteiger partial charge in [-0.1, -0.05) is 91.4 Å². The third kappa shape index (κ3) is 17.8. The van der Waals surface area contributed by atoms with Crippen molar-refractivity contribution in [2.45, 2.75) is 117 Å². The Morgan fingerprint density at radius 1 is 0.667 bits per heavy atom. The number of carbonyl (C=O) groups is 2. The second kappa shape index (κ2) is 19.4. The van der Waals surface area contributed by atoms with Gasteiger partial charge in [-0.3, -0.25) is 0 Å². The van der Waals surface area contributed by atoms with E-state index in [4.69, 9.17) is 9.47 Å². The Labute approximate surface area is 167 Å². The Kier molecular flexibility index (Phi) is 18.5. The number of hydrogen-bond donors (Lipinski definition) is 0. The largest absolute Gasteiger partial charge is 0.463 e. The fourth-order valence-corrected chi connectivity index (χ4v) is 3.06. The summed E-state index contributed by atoms with van der Waals surface area (Å²) in [5, 5.41) is 0. The van der Waals surface area contributed by atoms with Crippen LogP contribution in [0.1, 0.15) is 111 Å². The van der Waals surface area contributed by atoms with E-state index in [1.54, 1.807) is 0 Å². The minimum atomic E-state index is -0.467. The van der Waals surface area contributed by atoms with Crippen LogP contribution in [0.4, 0.5) is 0 Å². The molecular weight excluding hydrogens is 340 g/mol. The van der Waals surface area contributed by atoms with E-state index in [0.29, 0.717) is 6.61 Å². The summed E-state index contributed by atoms with van der Waals surface area (Å²) in [6.45, 7) is 6.79. The zero-order valence-corrected chi connectivity index (χ0v) is 18.0. The Balaban J connectivity index is 3.64.